The third kappa shape index (κ3) is 2.69. The molecular weight excluding hydrogens is 246 g/mol. The number of methoxy groups -OCH3 is 1. The van der Waals surface area contributed by atoms with Crippen LogP contribution < -0.4 is 5.32 Å². The molecule has 3 saturated carbocycles. The summed E-state index contributed by atoms with van der Waals surface area (Å²) in [6.07, 6.45) is 4.20. The maximum Gasteiger partial charge on any atom is 0.407 e. The predicted octanol–water partition coefficient (Wildman–Crippen LogP) is 2.39. The van der Waals surface area contributed by atoms with E-state index in [2.05, 4.69) is 5.32 Å². The van der Waals surface area contributed by atoms with Gasteiger partial charge in [-0.15, -0.1) is 0 Å². The number of rotatable bonds is 3. The van der Waals surface area contributed by atoms with Crippen LogP contribution in [0, 0.1) is 5.41 Å². The highest BCUT2D eigenvalue weighted by molar-refractivity contribution is 5.77. The first-order valence-corrected chi connectivity index (χ1v) is 6.99. The van der Waals surface area contributed by atoms with Gasteiger partial charge >= 0.3 is 12.1 Å². The number of alkyl carbamates (subject to hydrolysis) is 1. The van der Waals surface area contributed by atoms with Crippen LogP contribution in [0.25, 0.3) is 0 Å². The van der Waals surface area contributed by atoms with E-state index in [1.807, 2.05) is 13.8 Å². The highest BCUT2D eigenvalue weighted by atomic mass is 16.6. The Labute approximate surface area is 114 Å². The highest BCUT2D eigenvalue weighted by Crippen LogP contribution is 2.54. The molecule has 19 heavy (non-hydrogen) atoms. The van der Waals surface area contributed by atoms with E-state index in [4.69, 9.17) is 9.47 Å². The topological polar surface area (TPSA) is 64.6 Å². The first kappa shape index (κ1) is 14.2. The van der Waals surface area contributed by atoms with Crippen molar-refractivity contribution in [3.05, 3.63) is 0 Å². The summed E-state index contributed by atoms with van der Waals surface area (Å²) in [5.74, 6) is -0.104. The van der Waals surface area contributed by atoms with E-state index in [0.717, 1.165) is 38.5 Å². The van der Waals surface area contributed by atoms with Gasteiger partial charge in [0.05, 0.1) is 12.5 Å². The Bertz CT molecular complexity index is 353. The van der Waals surface area contributed by atoms with Crippen LogP contribution >= 0.6 is 0 Å². The molecule has 0 atom stereocenters. The van der Waals surface area contributed by atoms with Crippen molar-refractivity contribution >= 4 is 12.1 Å². The van der Waals surface area contributed by atoms with Crippen LogP contribution in [0.15, 0.2) is 0 Å². The summed E-state index contributed by atoms with van der Waals surface area (Å²) in [5.41, 5.74) is -0.691. The lowest BCUT2D eigenvalue weighted by molar-refractivity contribution is -0.168. The molecule has 108 valence electrons. The fourth-order valence-electron chi connectivity index (χ4n) is 3.29. The van der Waals surface area contributed by atoms with Crippen LogP contribution in [0.5, 0.6) is 0 Å². The number of esters is 1. The van der Waals surface area contributed by atoms with Gasteiger partial charge in [-0.05, 0) is 52.4 Å². The molecule has 0 unspecified atom stereocenters. The second-order valence-electron chi connectivity index (χ2n) is 6.14. The Morgan fingerprint density at radius 2 is 1.58 bits per heavy atom. The molecule has 5 nitrogen and oxygen atoms in total. The minimum absolute atomic E-state index is 0.0743. The molecule has 0 aromatic carbocycles. The smallest absolute Gasteiger partial charge is 0.407 e. The van der Waals surface area contributed by atoms with E-state index >= 15 is 0 Å². The van der Waals surface area contributed by atoms with Crippen LogP contribution in [-0.2, 0) is 14.3 Å². The third-order valence-corrected chi connectivity index (χ3v) is 4.51. The summed E-state index contributed by atoms with van der Waals surface area (Å²) in [7, 11) is 1.44. The lowest BCUT2D eigenvalue weighted by Crippen LogP contribution is -2.53. The first-order chi connectivity index (χ1) is 8.91. The average molecular weight is 269 g/mol. The molecule has 0 aromatic rings. The largest absolute Gasteiger partial charge is 0.469 e. The van der Waals surface area contributed by atoms with Crippen LogP contribution in [0.1, 0.15) is 52.4 Å². The van der Waals surface area contributed by atoms with Crippen molar-refractivity contribution in [3.8, 4) is 0 Å². The van der Waals surface area contributed by atoms with Gasteiger partial charge in [-0.3, -0.25) is 4.79 Å². The molecule has 1 amide bonds. The number of carbonyl (C=O) groups is 2. The Morgan fingerprint density at radius 1 is 1.05 bits per heavy atom. The summed E-state index contributed by atoms with van der Waals surface area (Å²) >= 11 is 0. The summed E-state index contributed by atoms with van der Waals surface area (Å²) in [6, 6.07) is 0.0743. The number of ether oxygens (including phenoxy) is 2. The van der Waals surface area contributed by atoms with Crippen molar-refractivity contribution in [2.45, 2.75) is 64.0 Å². The van der Waals surface area contributed by atoms with Crippen molar-refractivity contribution in [3.63, 3.8) is 0 Å². The number of amides is 1. The fourth-order valence-corrected chi connectivity index (χ4v) is 3.29. The van der Waals surface area contributed by atoms with E-state index in [1.165, 1.54) is 7.11 Å². The van der Waals surface area contributed by atoms with Gasteiger partial charge in [-0.2, -0.15) is 0 Å². The van der Waals surface area contributed by atoms with Gasteiger partial charge in [0.1, 0.15) is 5.60 Å². The van der Waals surface area contributed by atoms with Gasteiger partial charge in [0, 0.05) is 6.04 Å². The van der Waals surface area contributed by atoms with Gasteiger partial charge < -0.3 is 14.8 Å². The molecule has 3 rings (SSSR count). The lowest BCUT2D eigenvalue weighted by Gasteiger charge is -2.50. The summed E-state index contributed by atoms with van der Waals surface area (Å²) < 4.78 is 10.5. The predicted molar refractivity (Wildman–Crippen MR) is 69.6 cm³/mol. The molecule has 1 N–H and O–H groups in total. The van der Waals surface area contributed by atoms with Crippen molar-refractivity contribution in [1.82, 2.24) is 5.32 Å². The van der Waals surface area contributed by atoms with Crippen molar-refractivity contribution in [2.75, 3.05) is 7.11 Å². The van der Waals surface area contributed by atoms with Gasteiger partial charge in [0.2, 0.25) is 0 Å². The second kappa shape index (κ2) is 5.02. The van der Waals surface area contributed by atoms with E-state index < -0.39 is 0 Å². The summed E-state index contributed by atoms with van der Waals surface area (Å²) in [4.78, 5) is 23.6. The number of hydrogen-bond donors (Lipinski definition) is 1. The molecule has 0 aromatic heterocycles. The number of fused-ring (bicyclic) bond motifs is 3. The molecule has 2 bridgehead atoms. The van der Waals surface area contributed by atoms with E-state index in [9.17, 15) is 9.59 Å². The molecular formula is C14H23NO4. The zero-order valence-corrected chi connectivity index (χ0v) is 12.0. The molecule has 5 heteroatoms. The lowest BCUT2D eigenvalue weighted by atomic mass is 9.58. The normalized spacial score (nSPS) is 33.1. The maximum absolute atomic E-state index is 11.9. The molecule has 3 fully saturated rings. The standard InChI is InChI=1S/C14H23NO4/c1-10(2)15-12(17)19-14-7-4-13(5-8-14,6-9-14)11(16)18-3/h10H,4-9H2,1-3H3,(H,15,17). The number of hydrogen-bond acceptors (Lipinski definition) is 4. The maximum atomic E-state index is 11.9. The van der Waals surface area contributed by atoms with Crippen LogP contribution in [-0.4, -0.2) is 30.8 Å². The van der Waals surface area contributed by atoms with E-state index in [-0.39, 0.29) is 29.1 Å². The van der Waals surface area contributed by atoms with E-state index in [1.54, 1.807) is 0 Å². The Morgan fingerprint density at radius 3 is 2.00 bits per heavy atom. The quantitative estimate of drug-likeness (QED) is 0.799. The van der Waals surface area contributed by atoms with E-state index in [0.29, 0.717) is 0 Å². The Hall–Kier alpha value is -1.26. The summed E-state index contributed by atoms with van der Waals surface area (Å²) in [5, 5.41) is 2.76. The van der Waals surface area contributed by atoms with Crippen molar-refractivity contribution in [2.24, 2.45) is 5.41 Å². The molecule has 0 saturated heterocycles. The van der Waals surface area contributed by atoms with Crippen molar-refractivity contribution in [1.29, 1.82) is 0 Å². The third-order valence-electron chi connectivity index (χ3n) is 4.51. The van der Waals surface area contributed by atoms with Crippen LogP contribution in [0.4, 0.5) is 4.79 Å². The van der Waals surface area contributed by atoms with Crippen LogP contribution in [0.2, 0.25) is 0 Å². The molecule has 0 aliphatic heterocycles. The Balaban J connectivity index is 1.97. The van der Waals surface area contributed by atoms with Gasteiger partial charge in [0.25, 0.3) is 0 Å². The molecule has 3 aliphatic carbocycles. The molecule has 0 radical (unpaired) electrons. The van der Waals surface area contributed by atoms with Gasteiger partial charge in [-0.1, -0.05) is 0 Å². The van der Waals surface area contributed by atoms with Crippen molar-refractivity contribution < 1.29 is 19.1 Å². The second-order valence-corrected chi connectivity index (χ2v) is 6.14. The fraction of sp³-hybridized carbons (Fsp3) is 0.857. The monoisotopic (exact) mass is 269 g/mol. The highest BCUT2D eigenvalue weighted by Gasteiger charge is 2.54. The molecule has 3 aliphatic rings. The minimum Gasteiger partial charge on any atom is -0.469 e. The zero-order chi connectivity index (χ0) is 14.1. The average Bonchev–Trinajstić information content (AvgIpc) is 2.38. The zero-order valence-electron chi connectivity index (χ0n) is 12.0. The molecule has 0 spiro atoms. The van der Waals surface area contributed by atoms with Crippen LogP contribution in [0.3, 0.4) is 0 Å². The van der Waals surface area contributed by atoms with Gasteiger partial charge in [0.15, 0.2) is 0 Å². The summed E-state index contributed by atoms with van der Waals surface area (Å²) in [6.45, 7) is 3.81. The molecule has 0 heterocycles. The first-order valence-electron chi connectivity index (χ1n) is 6.99. The Kier molecular flexibility index (Phi) is 3.74. The SMILES string of the molecule is COC(=O)C12CCC(OC(=O)NC(C)C)(CC1)CC2. The van der Waals surface area contributed by atoms with Gasteiger partial charge in [-0.25, -0.2) is 4.79 Å². The number of carbonyl (C=O) groups excluding carboxylic acids is 2. The number of nitrogens with one attached hydrogen (secondary N) is 1. The minimum atomic E-state index is -0.366.